The van der Waals surface area contributed by atoms with Gasteiger partial charge in [0.2, 0.25) is 5.91 Å². The lowest BCUT2D eigenvalue weighted by Gasteiger charge is -2.38. The predicted molar refractivity (Wildman–Crippen MR) is 145 cm³/mol. The van der Waals surface area contributed by atoms with Crippen LogP contribution >= 0.6 is 11.6 Å². The van der Waals surface area contributed by atoms with Crippen molar-refractivity contribution in [2.24, 2.45) is 0 Å². The van der Waals surface area contributed by atoms with Crippen molar-refractivity contribution < 1.29 is 27.6 Å². The Morgan fingerprint density at radius 3 is 2.40 bits per heavy atom. The number of hydrogen-bond acceptors (Lipinski definition) is 6. The van der Waals surface area contributed by atoms with Gasteiger partial charge in [-0.05, 0) is 44.0 Å². The third-order valence-electron chi connectivity index (χ3n) is 7.68. The molecule has 1 saturated carbocycles. The number of aromatic amines is 1. The van der Waals surface area contributed by atoms with E-state index in [4.69, 9.17) is 11.6 Å². The van der Waals surface area contributed by atoms with Crippen LogP contribution in [0.4, 0.5) is 18.9 Å². The van der Waals surface area contributed by atoms with E-state index in [1.165, 1.54) is 35.3 Å². The maximum Gasteiger partial charge on any atom is 0.435 e. The number of rotatable bonds is 7. The van der Waals surface area contributed by atoms with Gasteiger partial charge in [-0.3, -0.25) is 19.1 Å². The number of carbonyl (C=O) groups excluding carboxylic acids is 3. The summed E-state index contributed by atoms with van der Waals surface area (Å²) in [7, 11) is 0. The molecule has 2 saturated heterocycles. The number of nitrogens with zero attached hydrogens (tertiary/aromatic N) is 5. The average Bonchev–Trinajstić information content (AvgIpc) is 3.50. The number of anilines is 1. The summed E-state index contributed by atoms with van der Waals surface area (Å²) in [5, 5.41) is 9.61. The highest BCUT2D eigenvalue weighted by atomic mass is 35.5. The average molecular weight is 605 g/mol. The molecule has 2 aliphatic heterocycles. The van der Waals surface area contributed by atoms with Crippen molar-refractivity contribution in [2.45, 2.75) is 43.9 Å². The first-order chi connectivity index (χ1) is 20.1. The minimum atomic E-state index is -4.59. The van der Waals surface area contributed by atoms with Gasteiger partial charge in [0.05, 0.1) is 22.7 Å². The van der Waals surface area contributed by atoms with Crippen LogP contribution in [0.5, 0.6) is 0 Å². The molecule has 3 aliphatic rings. The van der Waals surface area contributed by atoms with E-state index in [0.29, 0.717) is 37.6 Å². The molecule has 3 N–H and O–H groups in total. The standard InChI is InChI=1S/C27H28ClF3N8O3/c28-20-12-16(1-4-19(20)25(41)37-7-9-38(10-8-37)26(42)21-5-6-32-21)35-24(40)23-33-13-17(34-23)11-15-14-39(18-2-3-18)36-22(15)27(29,30)31/h1,4,12-14,18,21,32H,2-3,5-11H2,(H,33,34)(H,35,40)/t21-/m1/s1. The molecule has 3 fully saturated rings. The Labute approximate surface area is 243 Å². The lowest BCUT2D eigenvalue weighted by Crippen LogP contribution is -2.58. The van der Waals surface area contributed by atoms with Crippen LogP contribution in [0, 0.1) is 0 Å². The van der Waals surface area contributed by atoms with Crippen molar-refractivity contribution in [3.05, 3.63) is 64.0 Å². The number of imidazole rings is 1. The Kier molecular flexibility index (Phi) is 7.43. The van der Waals surface area contributed by atoms with Gasteiger partial charge in [0.1, 0.15) is 0 Å². The first-order valence-corrected chi connectivity index (χ1v) is 14.1. The molecule has 0 bridgehead atoms. The molecule has 1 aliphatic carbocycles. The number of benzene rings is 1. The number of carbonyl (C=O) groups is 3. The summed E-state index contributed by atoms with van der Waals surface area (Å²) in [6.07, 6.45) is 0.417. The Bertz CT molecular complexity index is 1520. The monoisotopic (exact) mass is 604 g/mol. The number of H-pyrrole nitrogens is 1. The number of halogens is 4. The number of nitrogens with one attached hydrogen (secondary N) is 3. The highest BCUT2D eigenvalue weighted by Gasteiger charge is 2.39. The molecular formula is C27H28ClF3N8O3. The number of alkyl halides is 3. The first-order valence-electron chi connectivity index (χ1n) is 13.7. The fraction of sp³-hybridized carbons (Fsp3) is 0.444. The predicted octanol–water partition coefficient (Wildman–Crippen LogP) is 3.10. The van der Waals surface area contributed by atoms with Gasteiger partial charge in [-0.25, -0.2) is 4.98 Å². The Morgan fingerprint density at radius 1 is 1.07 bits per heavy atom. The second-order valence-corrected chi connectivity index (χ2v) is 11.1. The van der Waals surface area contributed by atoms with E-state index in [1.807, 2.05) is 0 Å². The molecule has 1 atom stereocenters. The SMILES string of the molecule is O=C(Nc1ccc(C(=O)N2CCN(C(=O)[C@H]3CCN3)CC2)c(Cl)c1)c1ncc(Cc2cn(C3CC3)nc2C(F)(F)F)[nH]1. The van der Waals surface area contributed by atoms with Gasteiger partial charge in [-0.15, -0.1) is 0 Å². The van der Waals surface area contributed by atoms with Gasteiger partial charge in [0.15, 0.2) is 11.5 Å². The smallest absolute Gasteiger partial charge is 0.338 e. The van der Waals surface area contributed by atoms with E-state index in [0.717, 1.165) is 25.8 Å². The molecule has 1 aromatic carbocycles. The molecule has 3 amide bonds. The van der Waals surface area contributed by atoms with Crippen molar-refractivity contribution >= 4 is 35.0 Å². The van der Waals surface area contributed by atoms with Crippen LogP contribution in [0.2, 0.25) is 5.02 Å². The van der Waals surface area contributed by atoms with Crippen LogP contribution in [0.1, 0.15) is 63.2 Å². The fourth-order valence-electron chi connectivity index (χ4n) is 5.07. The van der Waals surface area contributed by atoms with Crippen LogP contribution in [-0.4, -0.2) is 86.0 Å². The third-order valence-corrected chi connectivity index (χ3v) is 7.99. The largest absolute Gasteiger partial charge is 0.435 e. The molecule has 3 aromatic rings. The number of hydrogen-bond donors (Lipinski definition) is 3. The zero-order chi connectivity index (χ0) is 29.6. The molecule has 15 heteroatoms. The van der Waals surface area contributed by atoms with Crippen molar-refractivity contribution in [3.63, 3.8) is 0 Å². The van der Waals surface area contributed by atoms with Crippen LogP contribution in [0.15, 0.2) is 30.6 Å². The van der Waals surface area contributed by atoms with Crippen LogP contribution in [-0.2, 0) is 17.4 Å². The molecule has 4 heterocycles. The summed E-state index contributed by atoms with van der Waals surface area (Å²) in [5.41, 5.74) is -0.0395. The van der Waals surface area contributed by atoms with Crippen LogP contribution in [0.25, 0.3) is 0 Å². The fourth-order valence-corrected chi connectivity index (χ4v) is 5.33. The molecular weight excluding hydrogens is 577 g/mol. The highest BCUT2D eigenvalue weighted by Crippen LogP contribution is 2.38. The number of piperazine rings is 1. The second kappa shape index (κ2) is 11.1. The Balaban J connectivity index is 1.06. The maximum absolute atomic E-state index is 13.5. The molecule has 11 nitrogen and oxygen atoms in total. The molecule has 2 aromatic heterocycles. The molecule has 0 spiro atoms. The lowest BCUT2D eigenvalue weighted by molar-refractivity contribution is -0.142. The zero-order valence-electron chi connectivity index (χ0n) is 22.4. The number of amides is 3. The molecule has 6 rings (SSSR count). The lowest BCUT2D eigenvalue weighted by atomic mass is 10.1. The van der Waals surface area contributed by atoms with E-state index >= 15 is 0 Å². The Morgan fingerprint density at radius 2 is 1.79 bits per heavy atom. The van der Waals surface area contributed by atoms with Crippen molar-refractivity contribution in [1.82, 2.24) is 34.9 Å². The second-order valence-electron chi connectivity index (χ2n) is 10.7. The minimum Gasteiger partial charge on any atom is -0.338 e. The topological polar surface area (TPSA) is 128 Å². The van der Waals surface area contributed by atoms with E-state index in [1.54, 1.807) is 9.80 Å². The van der Waals surface area contributed by atoms with Crippen LogP contribution < -0.4 is 10.6 Å². The maximum atomic E-state index is 13.5. The van der Waals surface area contributed by atoms with E-state index in [9.17, 15) is 27.6 Å². The van der Waals surface area contributed by atoms with Gasteiger partial charge in [-0.2, -0.15) is 18.3 Å². The molecule has 0 unspecified atom stereocenters. The van der Waals surface area contributed by atoms with Gasteiger partial charge < -0.3 is 25.4 Å². The van der Waals surface area contributed by atoms with Gasteiger partial charge in [-0.1, -0.05) is 11.6 Å². The molecule has 0 radical (unpaired) electrons. The van der Waals surface area contributed by atoms with E-state index < -0.39 is 17.8 Å². The first kappa shape index (κ1) is 28.2. The Hall–Kier alpha value is -3.91. The van der Waals surface area contributed by atoms with Gasteiger partial charge in [0, 0.05) is 61.9 Å². The summed E-state index contributed by atoms with van der Waals surface area (Å²) in [5.74, 6) is -0.923. The summed E-state index contributed by atoms with van der Waals surface area (Å²) in [6.45, 7) is 2.50. The third kappa shape index (κ3) is 5.86. The van der Waals surface area contributed by atoms with Crippen LogP contribution in [0.3, 0.4) is 0 Å². The quantitative estimate of drug-likeness (QED) is 0.380. The molecule has 42 heavy (non-hydrogen) atoms. The highest BCUT2D eigenvalue weighted by molar-refractivity contribution is 6.34. The summed E-state index contributed by atoms with van der Waals surface area (Å²) < 4.78 is 41.9. The van der Waals surface area contributed by atoms with E-state index in [-0.39, 0.29) is 52.3 Å². The van der Waals surface area contributed by atoms with Gasteiger partial charge in [0.25, 0.3) is 11.8 Å². The summed E-state index contributed by atoms with van der Waals surface area (Å²) in [4.78, 5) is 48.5. The normalized spacial score (nSPS) is 19.0. The van der Waals surface area contributed by atoms with Crippen molar-refractivity contribution in [1.29, 1.82) is 0 Å². The molecule has 222 valence electrons. The summed E-state index contributed by atoms with van der Waals surface area (Å²) >= 11 is 6.40. The summed E-state index contributed by atoms with van der Waals surface area (Å²) in [6, 6.07) is 4.36. The zero-order valence-corrected chi connectivity index (χ0v) is 23.1. The number of aromatic nitrogens is 4. The van der Waals surface area contributed by atoms with Crippen molar-refractivity contribution in [2.75, 3.05) is 38.0 Å². The van der Waals surface area contributed by atoms with Gasteiger partial charge >= 0.3 is 6.18 Å². The van der Waals surface area contributed by atoms with E-state index in [2.05, 4.69) is 25.7 Å². The van der Waals surface area contributed by atoms with Crippen molar-refractivity contribution in [3.8, 4) is 0 Å². The minimum absolute atomic E-state index is 0.000399.